The number of nitrogens with two attached hydrogens (primary N) is 2. The van der Waals surface area contributed by atoms with Crippen molar-refractivity contribution in [3.63, 3.8) is 0 Å². The van der Waals surface area contributed by atoms with Crippen molar-refractivity contribution in [3.05, 3.63) is 71.3 Å². The van der Waals surface area contributed by atoms with E-state index in [0.29, 0.717) is 50.2 Å². The summed E-state index contributed by atoms with van der Waals surface area (Å²) in [4.78, 5) is 19.0. The van der Waals surface area contributed by atoms with Crippen molar-refractivity contribution in [2.75, 3.05) is 0 Å². The molecular weight excluding hydrogens is 408 g/mol. The van der Waals surface area contributed by atoms with Crippen LogP contribution in [0.4, 0.5) is 0 Å². The molecule has 4 rings (SSSR count). The van der Waals surface area contributed by atoms with E-state index in [-0.39, 0.29) is 23.8 Å². The van der Waals surface area contributed by atoms with Crippen molar-refractivity contribution in [2.24, 2.45) is 11.5 Å². The van der Waals surface area contributed by atoms with Crippen LogP contribution in [0.25, 0.3) is 33.5 Å². The van der Waals surface area contributed by atoms with E-state index in [0.717, 1.165) is 0 Å². The van der Waals surface area contributed by atoms with Crippen LogP contribution in [0.3, 0.4) is 0 Å². The number of aromatic hydroxyl groups is 1. The van der Waals surface area contributed by atoms with E-state index in [4.69, 9.17) is 22.3 Å². The molecule has 0 aliphatic rings. The topological polar surface area (TPSA) is 186 Å². The molecule has 0 fully saturated rings. The molecule has 0 saturated heterocycles. The molecule has 0 saturated carbocycles. The predicted molar refractivity (Wildman–Crippen MR) is 122 cm³/mol. The third-order valence-electron chi connectivity index (χ3n) is 5.06. The van der Waals surface area contributed by atoms with Crippen molar-refractivity contribution in [1.82, 2.24) is 9.97 Å². The molecule has 1 aromatic heterocycles. The van der Waals surface area contributed by atoms with E-state index in [2.05, 4.69) is 9.97 Å². The van der Waals surface area contributed by atoms with Crippen LogP contribution >= 0.6 is 0 Å². The maximum atomic E-state index is 11.4. The number of phenolic OH excluding ortho intramolecular Hbond substituents is 1. The van der Waals surface area contributed by atoms with Gasteiger partial charge in [-0.3, -0.25) is 15.6 Å². The first-order valence-electron chi connectivity index (χ1n) is 9.60. The Balaban J connectivity index is 1.92. The summed E-state index contributed by atoms with van der Waals surface area (Å²) in [5.74, 6) is -0.963. The lowest BCUT2D eigenvalue weighted by molar-refractivity contribution is -0.136. The molecule has 0 atom stereocenters. The molecule has 0 unspecified atom stereocenters. The predicted octanol–water partition coefficient (Wildman–Crippen LogP) is 2.80. The number of imidazole rings is 1. The van der Waals surface area contributed by atoms with E-state index in [1.165, 1.54) is 0 Å². The number of nitrogens with zero attached hydrogens (tertiary/aromatic N) is 1. The van der Waals surface area contributed by atoms with Crippen LogP contribution in [0.2, 0.25) is 0 Å². The van der Waals surface area contributed by atoms with Crippen molar-refractivity contribution >= 4 is 28.7 Å². The van der Waals surface area contributed by atoms with Gasteiger partial charge in [-0.05, 0) is 47.5 Å². The summed E-state index contributed by atoms with van der Waals surface area (Å²) >= 11 is 0. The van der Waals surface area contributed by atoms with Crippen LogP contribution in [-0.4, -0.2) is 37.8 Å². The monoisotopic (exact) mass is 428 g/mol. The van der Waals surface area contributed by atoms with E-state index >= 15 is 0 Å². The van der Waals surface area contributed by atoms with Crippen LogP contribution < -0.4 is 11.5 Å². The lowest BCUT2D eigenvalue weighted by Crippen LogP contribution is -2.10. The standard InChI is InChI=1S/C23H20N6O3/c24-21(25)13-3-1-2-12(9-13)15-6-11(8-19(30)31)7-16(20(15)32)23-28-17-5-4-14(22(26)27)10-18(17)29-23/h1-7,9-10,32H,8H2,(H3,24,25)(H3,26,27)(H,28,29)(H,30,31). The molecule has 9 N–H and O–H groups in total. The van der Waals surface area contributed by atoms with Crippen LogP contribution in [0.5, 0.6) is 5.75 Å². The van der Waals surface area contributed by atoms with Gasteiger partial charge >= 0.3 is 5.97 Å². The average molecular weight is 428 g/mol. The molecule has 1 heterocycles. The number of carbonyl (C=O) groups is 1. The largest absolute Gasteiger partial charge is 0.507 e. The highest BCUT2D eigenvalue weighted by Crippen LogP contribution is 2.39. The number of fused-ring (bicyclic) bond motifs is 1. The quantitative estimate of drug-likeness (QED) is 0.183. The number of hydrogen-bond acceptors (Lipinski definition) is 5. The van der Waals surface area contributed by atoms with Gasteiger partial charge in [0.1, 0.15) is 23.2 Å². The van der Waals surface area contributed by atoms with Gasteiger partial charge in [0.25, 0.3) is 0 Å². The summed E-state index contributed by atoms with van der Waals surface area (Å²) in [6, 6.07) is 15.0. The highest BCUT2D eigenvalue weighted by molar-refractivity contribution is 5.99. The summed E-state index contributed by atoms with van der Waals surface area (Å²) in [5, 5.41) is 35.7. The highest BCUT2D eigenvalue weighted by atomic mass is 16.4. The fourth-order valence-corrected chi connectivity index (χ4v) is 3.53. The van der Waals surface area contributed by atoms with Gasteiger partial charge < -0.3 is 26.7 Å². The first-order valence-corrected chi connectivity index (χ1v) is 9.60. The molecular formula is C23H20N6O3. The SMILES string of the molecule is N=C(N)c1cccc(-c2cc(CC(=O)O)cc(-c3nc4ccc(C(=N)N)cc4[nH]3)c2O)c1. The number of phenols is 1. The number of nitrogens with one attached hydrogen (secondary N) is 3. The number of hydrogen-bond donors (Lipinski definition) is 7. The molecule has 0 radical (unpaired) electrons. The lowest BCUT2D eigenvalue weighted by atomic mass is 9.95. The molecule has 0 bridgehead atoms. The second-order valence-corrected chi connectivity index (χ2v) is 7.34. The second kappa shape index (κ2) is 7.88. The zero-order chi connectivity index (χ0) is 23.0. The van der Waals surface area contributed by atoms with Crippen molar-refractivity contribution in [3.8, 4) is 28.3 Å². The Hall–Kier alpha value is -4.66. The molecule has 3 aromatic carbocycles. The Morgan fingerprint density at radius 2 is 1.66 bits per heavy atom. The Morgan fingerprint density at radius 3 is 2.34 bits per heavy atom. The van der Waals surface area contributed by atoms with Gasteiger partial charge in [-0.25, -0.2) is 4.98 Å². The number of H-pyrrole nitrogens is 1. The average Bonchev–Trinajstić information content (AvgIpc) is 3.17. The van der Waals surface area contributed by atoms with E-state index < -0.39 is 5.97 Å². The first-order chi connectivity index (χ1) is 15.2. The first kappa shape index (κ1) is 20.6. The molecule has 9 heteroatoms. The van der Waals surface area contributed by atoms with Gasteiger partial charge in [0, 0.05) is 16.7 Å². The zero-order valence-electron chi connectivity index (χ0n) is 16.8. The van der Waals surface area contributed by atoms with Gasteiger partial charge in [-0.15, -0.1) is 0 Å². The van der Waals surface area contributed by atoms with Gasteiger partial charge in [0.15, 0.2) is 0 Å². The lowest BCUT2D eigenvalue weighted by Gasteiger charge is -2.12. The summed E-state index contributed by atoms with van der Waals surface area (Å²) in [6.07, 6.45) is -0.249. The van der Waals surface area contributed by atoms with Crippen molar-refractivity contribution in [1.29, 1.82) is 10.8 Å². The maximum absolute atomic E-state index is 11.4. The summed E-state index contributed by atoms with van der Waals surface area (Å²) in [7, 11) is 0. The molecule has 32 heavy (non-hydrogen) atoms. The van der Waals surface area contributed by atoms with Crippen LogP contribution in [0.1, 0.15) is 16.7 Å². The number of carboxylic acids is 1. The smallest absolute Gasteiger partial charge is 0.307 e. The summed E-state index contributed by atoms with van der Waals surface area (Å²) < 4.78 is 0. The van der Waals surface area contributed by atoms with Gasteiger partial charge in [-0.2, -0.15) is 0 Å². The normalized spacial score (nSPS) is 10.9. The number of aromatic nitrogens is 2. The van der Waals surface area contributed by atoms with Gasteiger partial charge in [0.05, 0.1) is 23.0 Å². The minimum Gasteiger partial charge on any atom is -0.507 e. The fraction of sp³-hybridized carbons (Fsp3) is 0.0435. The molecule has 9 nitrogen and oxygen atoms in total. The highest BCUT2D eigenvalue weighted by Gasteiger charge is 2.18. The minimum absolute atomic E-state index is 0.0815. The van der Waals surface area contributed by atoms with E-state index in [1.54, 1.807) is 54.6 Å². The van der Waals surface area contributed by atoms with Crippen LogP contribution in [0, 0.1) is 10.8 Å². The molecule has 160 valence electrons. The number of rotatable bonds is 6. The third-order valence-corrected chi connectivity index (χ3v) is 5.06. The number of nitrogen functional groups attached to an aromatic ring is 2. The van der Waals surface area contributed by atoms with Gasteiger partial charge in [0.2, 0.25) is 0 Å². The third kappa shape index (κ3) is 3.86. The van der Waals surface area contributed by atoms with Crippen molar-refractivity contribution in [2.45, 2.75) is 6.42 Å². The number of benzene rings is 3. The molecule has 4 aromatic rings. The molecule has 0 aliphatic heterocycles. The summed E-state index contributed by atoms with van der Waals surface area (Å²) in [5.41, 5.74) is 15.2. The van der Waals surface area contributed by atoms with E-state index in [1.807, 2.05) is 0 Å². The number of amidine groups is 2. The molecule has 0 spiro atoms. The number of aliphatic carboxylic acids is 1. The molecule has 0 amide bonds. The minimum atomic E-state index is -1.01. The maximum Gasteiger partial charge on any atom is 0.307 e. The van der Waals surface area contributed by atoms with Crippen LogP contribution in [-0.2, 0) is 11.2 Å². The summed E-state index contributed by atoms with van der Waals surface area (Å²) in [6.45, 7) is 0. The van der Waals surface area contributed by atoms with E-state index in [9.17, 15) is 15.0 Å². The zero-order valence-corrected chi connectivity index (χ0v) is 16.8. The Bertz CT molecular complexity index is 1410. The number of aromatic amines is 1. The fourth-order valence-electron chi connectivity index (χ4n) is 3.53. The Kier molecular flexibility index (Phi) is 5.07. The van der Waals surface area contributed by atoms with Crippen LogP contribution in [0.15, 0.2) is 54.6 Å². The number of carboxylic acid groups (broad SMARTS) is 1. The Labute approximate surface area is 182 Å². The second-order valence-electron chi connectivity index (χ2n) is 7.34. The Morgan fingerprint density at radius 1 is 0.969 bits per heavy atom. The van der Waals surface area contributed by atoms with Crippen molar-refractivity contribution < 1.29 is 15.0 Å². The molecule has 0 aliphatic carbocycles. The van der Waals surface area contributed by atoms with Gasteiger partial charge in [-0.1, -0.05) is 18.2 Å².